The Morgan fingerprint density at radius 2 is 0.867 bits per heavy atom. The van der Waals surface area contributed by atoms with E-state index in [9.17, 15) is 24.0 Å². The number of rotatable bonds is 0. The van der Waals surface area contributed by atoms with E-state index in [-0.39, 0.29) is 17.6 Å². The summed E-state index contributed by atoms with van der Waals surface area (Å²) < 4.78 is 4.63. The van der Waals surface area contributed by atoms with Crippen LogP contribution in [-0.2, 0) is 24.0 Å². The minimum atomic E-state index is -0.565. The van der Waals surface area contributed by atoms with Gasteiger partial charge in [0.15, 0.2) is 5.78 Å². The van der Waals surface area contributed by atoms with Gasteiger partial charge < -0.3 is 15.0 Å². The third-order valence-electron chi connectivity index (χ3n) is 16.0. The molecule has 0 aromatic heterocycles. The van der Waals surface area contributed by atoms with Crippen LogP contribution < -0.4 is 15.5 Å². The van der Waals surface area contributed by atoms with E-state index in [1.807, 2.05) is 97.1 Å². The van der Waals surface area contributed by atoms with Crippen molar-refractivity contribution in [1.29, 1.82) is 0 Å². The summed E-state index contributed by atoms with van der Waals surface area (Å²) in [5.74, 6) is -1.66. The van der Waals surface area contributed by atoms with E-state index < -0.39 is 11.9 Å². The number of hydrogen-bond donors (Lipinski definition) is 2. The molecule has 0 radical (unpaired) electrons. The molecule has 18 rings (SSSR count). The topological polar surface area (TPSA) is 134 Å². The first kappa shape index (κ1) is 51.8. The van der Waals surface area contributed by atoms with Crippen LogP contribution in [0.2, 0.25) is 0 Å². The Morgan fingerprint density at radius 3 is 1.48 bits per heavy atom. The zero-order valence-electron chi connectivity index (χ0n) is 45.2. The number of nitrogens with one attached hydrogen (secondary N) is 2. The maximum Gasteiger partial charge on any atom is 0.346 e. The third kappa shape index (κ3) is 10.1. The predicted molar refractivity (Wildman–Crippen MR) is 334 cm³/mol. The largest absolute Gasteiger partial charge is 0.386 e. The average Bonchev–Trinajstić information content (AvgIpc) is 3.60. The lowest BCUT2D eigenvalue weighted by Crippen LogP contribution is -2.34. The van der Waals surface area contributed by atoms with E-state index >= 15 is 0 Å². The number of cyclic esters (lactones) is 2. The first-order chi connectivity index (χ1) is 40.8. The highest BCUT2D eigenvalue weighted by Gasteiger charge is 2.27. The summed E-state index contributed by atoms with van der Waals surface area (Å²) in [5, 5.41) is 16.2. The van der Waals surface area contributed by atoms with Crippen LogP contribution in [0.25, 0.3) is 66.0 Å². The fraction of sp³-hybridized carbons (Fsp3) is 0.0959. The van der Waals surface area contributed by atoms with Crippen molar-refractivity contribution in [2.75, 3.05) is 23.3 Å². The summed E-state index contributed by atoms with van der Waals surface area (Å²) in [6, 6.07) is 65.7. The number of ether oxygens (including phenoxy) is 1. The molecule has 0 atom stereocenters. The molecule has 2 amide bonds. The summed E-state index contributed by atoms with van der Waals surface area (Å²) >= 11 is 0. The van der Waals surface area contributed by atoms with Crippen molar-refractivity contribution in [3.63, 3.8) is 0 Å². The molecule has 0 unspecified atom stereocenters. The highest BCUT2D eigenvalue weighted by atomic mass is 16.6. The Hall–Kier alpha value is -10.6. The van der Waals surface area contributed by atoms with Crippen LogP contribution in [0.3, 0.4) is 0 Å². The first-order valence-electron chi connectivity index (χ1n) is 28.0. The van der Waals surface area contributed by atoms with Crippen molar-refractivity contribution < 1.29 is 28.7 Å². The summed E-state index contributed by atoms with van der Waals surface area (Å²) in [6.45, 7) is 2.56. The lowest BCUT2D eigenvalue weighted by molar-refractivity contribution is 0.0390. The monoisotopic (exact) mass is 1080 g/mol. The number of amides is 2. The maximum atomic E-state index is 11.6. The van der Waals surface area contributed by atoms with E-state index in [1.54, 1.807) is 65.6 Å². The Balaban J connectivity index is 0.0000000933. The van der Waals surface area contributed by atoms with Gasteiger partial charge in [0.1, 0.15) is 0 Å². The molecule has 0 saturated heterocycles. The van der Waals surface area contributed by atoms with Crippen molar-refractivity contribution in [1.82, 2.24) is 5.32 Å². The van der Waals surface area contributed by atoms with Gasteiger partial charge in [-0.1, -0.05) is 182 Å². The van der Waals surface area contributed by atoms with Crippen LogP contribution in [-0.4, -0.2) is 49.0 Å². The predicted octanol–water partition coefficient (Wildman–Crippen LogP) is 15.6. The van der Waals surface area contributed by atoms with Crippen LogP contribution in [0.5, 0.6) is 0 Å². The quantitative estimate of drug-likeness (QED) is 0.0871. The van der Waals surface area contributed by atoms with Crippen LogP contribution in [0.15, 0.2) is 217 Å². The molecule has 10 heteroatoms. The van der Waals surface area contributed by atoms with E-state index in [0.29, 0.717) is 27.6 Å². The third-order valence-corrected chi connectivity index (χ3v) is 16.0. The number of aliphatic imine (C=N–C) groups is 1. The Labute approximate surface area is 479 Å². The number of anilines is 2. The molecule has 2 N–H and O–H groups in total. The standard InChI is InChI=1S/C13H8O.C13H10.C12H7NO2.C12H15N.C12H6O3.C11H8N2/c14-12-8-7-10-4-1-3-9-5-2-6-11(12)13(9)10;1-4-10-6-2-8-12-9-3-7-11(5-1)13(10)12;14-11-8-5-1-3-7-4-2-6-9(10(7)8)12(15)13-11;1-4-10-6-2-8-13-9-3-7-11(5-1)12(10)13;13-11-8-5-1-3-7-4-2-6-9(10(7)8)12(14)15-11;1-3-8-4-2-6-10-11(8)9(5-1)12-7-13-10/h1-8H;1-8H,9H2;1-6H,(H,13,14,15);1,4-5H,2-3,6-9H2;1-6H;1-7H,(H,12,13). The summed E-state index contributed by atoms with van der Waals surface area (Å²) in [4.78, 5) is 64.4. The number of imide groups is 1. The lowest BCUT2D eigenvalue weighted by Gasteiger charge is -2.36. The summed E-state index contributed by atoms with van der Waals surface area (Å²) in [6.07, 6.45) is 16.1. The van der Waals surface area contributed by atoms with Gasteiger partial charge in [0.2, 0.25) is 0 Å². The van der Waals surface area contributed by atoms with E-state index in [1.165, 1.54) is 71.4 Å². The van der Waals surface area contributed by atoms with Gasteiger partial charge >= 0.3 is 11.9 Å². The number of ketones is 1. The molecule has 0 saturated carbocycles. The molecule has 7 aliphatic rings. The van der Waals surface area contributed by atoms with Crippen LogP contribution in [0, 0.1) is 0 Å². The number of allylic oxidation sites excluding steroid dienone is 2. The molecule has 0 fully saturated rings. The first-order valence-corrected chi connectivity index (χ1v) is 28.0. The number of carbonyl (C=O) groups excluding carboxylic acids is 5. The van der Waals surface area contributed by atoms with Gasteiger partial charge in [0.05, 0.1) is 23.2 Å². The molecule has 2 aliphatic carbocycles. The molecule has 10 nitrogen and oxygen atoms in total. The fourth-order valence-electron chi connectivity index (χ4n) is 12.3. The molecule has 402 valence electrons. The molecular weight excluding hydrogens is 1030 g/mol. The second-order valence-corrected chi connectivity index (χ2v) is 21.0. The molecule has 5 aliphatic heterocycles. The molecule has 11 aromatic carbocycles. The lowest BCUT2D eigenvalue weighted by atomic mass is 9.92. The average molecular weight is 1080 g/mol. The SMILES string of the molecule is C1=Cc2cccc3cccc(c23)C1.C1=Nc2cccc3cccc(c23)N1.O=C1C=Cc2cccc3cccc1c23.O=C1NC(=O)c2cccc3cccc1c23.O=C1OC(=O)c2cccc3cccc1c23.c1cc2c3c(c1)CCCN3CCC2. The van der Waals surface area contributed by atoms with E-state index in [4.69, 9.17) is 0 Å². The van der Waals surface area contributed by atoms with Crippen molar-refractivity contribution in [2.24, 2.45) is 4.99 Å². The van der Waals surface area contributed by atoms with Crippen molar-refractivity contribution in [2.45, 2.75) is 32.1 Å². The van der Waals surface area contributed by atoms with E-state index in [0.717, 1.165) is 55.9 Å². The summed E-state index contributed by atoms with van der Waals surface area (Å²) in [7, 11) is 0. The second kappa shape index (κ2) is 22.5. The zero-order chi connectivity index (χ0) is 56.4. The van der Waals surface area contributed by atoms with Crippen molar-refractivity contribution in [3.8, 4) is 0 Å². The highest BCUT2D eigenvalue weighted by Crippen LogP contribution is 2.37. The highest BCUT2D eigenvalue weighted by molar-refractivity contribution is 6.26. The number of aryl methyl sites for hydroxylation is 2. The van der Waals surface area contributed by atoms with Crippen molar-refractivity contribution in [3.05, 3.63) is 268 Å². The minimum absolute atomic E-state index is 0.106. The zero-order valence-corrected chi connectivity index (χ0v) is 45.2. The second-order valence-electron chi connectivity index (χ2n) is 21.0. The van der Waals surface area contributed by atoms with Gasteiger partial charge in [-0.05, 0) is 135 Å². The fourth-order valence-corrected chi connectivity index (χ4v) is 12.3. The maximum absolute atomic E-state index is 11.6. The number of nitrogens with zero attached hydrogens (tertiary/aromatic N) is 2. The van der Waals surface area contributed by atoms with E-state index in [2.05, 4.69) is 110 Å². The van der Waals surface area contributed by atoms with Crippen LogP contribution in [0.1, 0.15) is 92.4 Å². The molecule has 0 bridgehead atoms. The number of hydrogen-bond acceptors (Lipinski definition) is 9. The Morgan fingerprint density at radius 1 is 0.410 bits per heavy atom. The van der Waals surface area contributed by atoms with Gasteiger partial charge in [-0.3, -0.25) is 19.7 Å². The molecule has 11 aromatic rings. The molecule has 0 spiro atoms. The van der Waals surface area contributed by atoms with Gasteiger partial charge in [0, 0.05) is 62.7 Å². The van der Waals surface area contributed by atoms with Crippen LogP contribution >= 0.6 is 0 Å². The van der Waals surface area contributed by atoms with Crippen molar-refractivity contribution >= 4 is 119 Å². The normalized spacial score (nSPS) is 14.7. The Kier molecular flexibility index (Phi) is 14.1. The van der Waals surface area contributed by atoms with Gasteiger partial charge in [0.25, 0.3) is 11.8 Å². The molecular formula is C73H54N4O6. The number of carbonyl (C=O) groups is 5. The minimum Gasteiger partial charge on any atom is -0.386 e. The Bertz CT molecular complexity index is 4250. The van der Waals surface area contributed by atoms with Gasteiger partial charge in [-0.25, -0.2) is 14.6 Å². The summed E-state index contributed by atoms with van der Waals surface area (Å²) in [5.41, 5.74) is 13.8. The molecule has 5 heterocycles. The number of esters is 2. The number of para-hydroxylation sites is 1. The van der Waals surface area contributed by atoms with Gasteiger partial charge in [-0.15, -0.1) is 0 Å². The molecule has 83 heavy (non-hydrogen) atoms. The van der Waals surface area contributed by atoms with Crippen LogP contribution in [0.4, 0.5) is 17.1 Å². The van der Waals surface area contributed by atoms with Gasteiger partial charge in [-0.2, -0.15) is 0 Å². The smallest absolute Gasteiger partial charge is 0.346 e. The number of benzene rings is 11.